The molecule has 0 aliphatic carbocycles. The maximum atomic E-state index is 12.1. The van der Waals surface area contributed by atoms with Crippen molar-refractivity contribution in [1.29, 1.82) is 0 Å². The van der Waals surface area contributed by atoms with E-state index in [9.17, 15) is 9.59 Å². The fraction of sp³-hybridized carbons (Fsp3) is 0.333. The highest BCUT2D eigenvalue weighted by atomic mass is 32.2. The van der Waals surface area contributed by atoms with Gasteiger partial charge in [0.25, 0.3) is 0 Å². The van der Waals surface area contributed by atoms with Gasteiger partial charge in [-0.15, -0.1) is 0 Å². The van der Waals surface area contributed by atoms with E-state index in [2.05, 4.69) is 5.32 Å². The van der Waals surface area contributed by atoms with Gasteiger partial charge in [0.2, 0.25) is 0 Å². The zero-order valence-electron chi connectivity index (χ0n) is 9.35. The Balaban J connectivity index is 2.10. The maximum absolute atomic E-state index is 12.1. The molecule has 1 aliphatic rings. The monoisotopic (exact) mass is 253 g/mol. The van der Waals surface area contributed by atoms with Crippen LogP contribution in [0.4, 0.5) is 0 Å². The van der Waals surface area contributed by atoms with Gasteiger partial charge in [-0.2, -0.15) is 10.9 Å². The molecule has 17 heavy (non-hydrogen) atoms. The Morgan fingerprint density at radius 2 is 1.59 bits per heavy atom. The van der Waals surface area contributed by atoms with E-state index in [1.54, 1.807) is 12.1 Å². The van der Waals surface area contributed by atoms with Crippen LogP contribution in [0.15, 0.2) is 24.3 Å². The highest BCUT2D eigenvalue weighted by Gasteiger charge is 2.18. The van der Waals surface area contributed by atoms with Crippen molar-refractivity contribution in [2.75, 3.05) is 24.6 Å². The number of carboxylic acid groups (broad SMARTS) is 1. The summed E-state index contributed by atoms with van der Waals surface area (Å²) in [6.45, 7) is 1.81. The van der Waals surface area contributed by atoms with Crippen LogP contribution in [0.25, 0.3) is 0 Å². The molecule has 0 radical (unpaired) electrons. The predicted molar refractivity (Wildman–Crippen MR) is 69.3 cm³/mol. The molecule has 2 N–H and O–H groups in total. The molecule has 1 heterocycles. The van der Waals surface area contributed by atoms with Crippen LogP contribution in [0.5, 0.6) is 0 Å². The number of hydrogen-bond acceptors (Lipinski definition) is 3. The summed E-state index contributed by atoms with van der Waals surface area (Å²) in [6, 6.07) is 6.23. The fourth-order valence-electron chi connectivity index (χ4n) is 1.81. The Hall–Kier alpha value is -1.33. The molecule has 0 amide bonds. The van der Waals surface area contributed by atoms with Crippen LogP contribution in [0.1, 0.15) is 20.7 Å². The van der Waals surface area contributed by atoms with Crippen molar-refractivity contribution in [3.8, 4) is 0 Å². The molecule has 0 unspecified atom stereocenters. The minimum absolute atomic E-state index is 0.193. The maximum Gasteiger partial charge on any atom is 0.335 e. The van der Waals surface area contributed by atoms with E-state index in [0.29, 0.717) is 5.56 Å². The fourth-order valence-corrected chi connectivity index (χ4v) is 3.81. The summed E-state index contributed by atoms with van der Waals surface area (Å²) in [5, 5.41) is 12.2. The quantitative estimate of drug-likeness (QED) is 0.691. The summed E-state index contributed by atoms with van der Waals surface area (Å²) in [7, 11) is -0.583. The van der Waals surface area contributed by atoms with Crippen molar-refractivity contribution in [2.24, 2.45) is 0 Å². The van der Waals surface area contributed by atoms with Crippen molar-refractivity contribution in [3.63, 3.8) is 0 Å². The third-order valence-corrected chi connectivity index (χ3v) is 5.14. The lowest BCUT2D eigenvalue weighted by atomic mass is 10.1. The molecule has 1 aromatic rings. The van der Waals surface area contributed by atoms with E-state index in [1.165, 1.54) is 12.1 Å². The van der Waals surface area contributed by atoms with E-state index in [4.69, 9.17) is 5.11 Å². The van der Waals surface area contributed by atoms with E-state index < -0.39 is 16.9 Å². The number of rotatable bonds is 2. The molecule has 1 aliphatic heterocycles. The summed E-state index contributed by atoms with van der Waals surface area (Å²) < 4.78 is 0. The average Bonchev–Trinajstić information content (AvgIpc) is 2.39. The van der Waals surface area contributed by atoms with Gasteiger partial charge < -0.3 is 10.4 Å². The first kappa shape index (κ1) is 12.1. The number of aromatic carboxylic acids is 1. The molecule has 0 bridgehead atoms. The van der Waals surface area contributed by atoms with E-state index in [-0.39, 0.29) is 10.7 Å². The van der Waals surface area contributed by atoms with Crippen LogP contribution in [0.3, 0.4) is 0 Å². The second-order valence-electron chi connectivity index (χ2n) is 3.92. The van der Waals surface area contributed by atoms with Crippen molar-refractivity contribution < 1.29 is 14.7 Å². The van der Waals surface area contributed by atoms with Crippen LogP contribution < -0.4 is 5.32 Å². The number of carboxylic acids is 1. The molecule has 1 saturated heterocycles. The molecule has 0 atom stereocenters. The third-order valence-electron chi connectivity index (χ3n) is 2.78. The molecule has 0 aromatic heterocycles. The smallest absolute Gasteiger partial charge is 0.335 e. The molecule has 4 nitrogen and oxygen atoms in total. The molecule has 5 heteroatoms. The normalized spacial score (nSPS) is 17.8. The topological polar surface area (TPSA) is 66.4 Å². The standard InChI is InChI=1S/C12H15NO3S/c14-11(15)9-1-3-10(4-2-9)12(16)17-7-5-13-6-8-17/h1-4,13,17H,5-8H2,(H,14,15). The zero-order valence-corrected chi connectivity index (χ0v) is 10.2. The Kier molecular flexibility index (Phi) is 3.81. The van der Waals surface area contributed by atoms with Crippen LogP contribution in [0.2, 0.25) is 0 Å². The van der Waals surface area contributed by atoms with Gasteiger partial charge in [-0.3, -0.25) is 4.79 Å². The minimum Gasteiger partial charge on any atom is -0.478 e. The largest absolute Gasteiger partial charge is 0.478 e. The molecule has 1 aromatic carbocycles. The SMILES string of the molecule is O=C(O)c1ccc(C(=O)[SH]2CCNCC2)cc1. The van der Waals surface area contributed by atoms with Crippen LogP contribution >= 0.6 is 10.9 Å². The number of carbonyl (C=O) groups excluding carboxylic acids is 1. The van der Waals surface area contributed by atoms with Gasteiger partial charge >= 0.3 is 5.97 Å². The minimum atomic E-state index is -0.962. The average molecular weight is 253 g/mol. The van der Waals surface area contributed by atoms with Gasteiger partial charge in [0.05, 0.1) is 5.56 Å². The Morgan fingerprint density at radius 1 is 1.06 bits per heavy atom. The summed E-state index contributed by atoms with van der Waals surface area (Å²) >= 11 is 0. The van der Waals surface area contributed by atoms with Gasteiger partial charge in [0, 0.05) is 18.7 Å². The molecule has 2 rings (SSSR count). The number of carbonyl (C=O) groups is 2. The Morgan fingerprint density at radius 3 is 2.12 bits per heavy atom. The summed E-state index contributed by atoms with van der Waals surface area (Å²) in [4.78, 5) is 22.8. The highest BCUT2D eigenvalue weighted by Crippen LogP contribution is 2.30. The van der Waals surface area contributed by atoms with Gasteiger partial charge in [-0.05, 0) is 35.8 Å². The number of benzene rings is 1. The first-order valence-electron chi connectivity index (χ1n) is 5.52. The number of nitrogens with one attached hydrogen (secondary N) is 1. The second-order valence-corrected chi connectivity index (χ2v) is 6.30. The lowest BCUT2D eigenvalue weighted by Crippen LogP contribution is -2.30. The summed E-state index contributed by atoms with van der Waals surface area (Å²) in [6.07, 6.45) is 0. The van der Waals surface area contributed by atoms with Gasteiger partial charge in [-0.1, -0.05) is 0 Å². The van der Waals surface area contributed by atoms with Crippen molar-refractivity contribution in [1.82, 2.24) is 5.32 Å². The lowest BCUT2D eigenvalue weighted by Gasteiger charge is -2.25. The van der Waals surface area contributed by atoms with Gasteiger partial charge in [-0.25, -0.2) is 4.79 Å². The number of thiol groups is 1. The molecule has 1 fully saturated rings. The van der Waals surface area contributed by atoms with Crippen molar-refractivity contribution in [2.45, 2.75) is 0 Å². The van der Waals surface area contributed by atoms with Crippen LogP contribution in [-0.4, -0.2) is 40.8 Å². The lowest BCUT2D eigenvalue weighted by molar-refractivity contribution is 0.0696. The molecule has 92 valence electrons. The van der Waals surface area contributed by atoms with Crippen molar-refractivity contribution in [3.05, 3.63) is 35.4 Å². The first-order chi connectivity index (χ1) is 8.18. The summed E-state index contributed by atoms with van der Waals surface area (Å²) in [5.74, 6) is 0.889. The third kappa shape index (κ3) is 2.87. The van der Waals surface area contributed by atoms with E-state index >= 15 is 0 Å². The zero-order chi connectivity index (χ0) is 12.3. The number of hydrogen-bond donors (Lipinski definition) is 3. The van der Waals surface area contributed by atoms with E-state index in [0.717, 1.165) is 24.6 Å². The second kappa shape index (κ2) is 5.33. The van der Waals surface area contributed by atoms with Crippen molar-refractivity contribution >= 4 is 22.0 Å². The van der Waals surface area contributed by atoms with Gasteiger partial charge in [0.15, 0.2) is 5.12 Å². The Bertz CT molecular complexity index is 424. The first-order valence-corrected chi connectivity index (χ1v) is 7.23. The predicted octanol–water partition coefficient (Wildman–Crippen LogP) is 1.13. The molecular formula is C12H15NO3S. The molecule has 0 saturated carbocycles. The summed E-state index contributed by atoms with van der Waals surface area (Å²) in [5.41, 5.74) is 0.864. The van der Waals surface area contributed by atoms with Gasteiger partial charge in [0.1, 0.15) is 0 Å². The van der Waals surface area contributed by atoms with Crippen LogP contribution in [0, 0.1) is 0 Å². The molecular weight excluding hydrogens is 238 g/mol. The highest BCUT2D eigenvalue weighted by molar-refractivity contribution is 8.30. The Labute approximate surface area is 102 Å². The van der Waals surface area contributed by atoms with E-state index in [1.807, 2.05) is 0 Å². The van der Waals surface area contributed by atoms with Crippen LogP contribution in [-0.2, 0) is 0 Å². The molecule has 0 spiro atoms.